The normalized spacial score (nSPS) is 23.7. The first-order valence-corrected chi connectivity index (χ1v) is 9.51. The second kappa shape index (κ2) is 6.65. The number of allylic oxidation sites excluding steroid dienone is 1. The van der Waals surface area contributed by atoms with Gasteiger partial charge in [-0.3, -0.25) is 9.59 Å². The molecule has 138 valence electrons. The van der Waals surface area contributed by atoms with E-state index in [1.807, 2.05) is 30.3 Å². The topological polar surface area (TPSA) is 43.4 Å². The standard InChI is InChI=1S/C23H21ClO3/c1-23(2)12-17(25)20-18(13-23)27-22(21(26)15-6-4-3-5-7-15)19(20)14-8-10-16(24)11-9-14/h3-11,19,22H,12-13H2,1-2H3/t19-,22-/m1/s1. The molecule has 1 aliphatic carbocycles. The zero-order chi connectivity index (χ0) is 19.2. The molecule has 0 fully saturated rings. The Labute approximate surface area is 164 Å². The molecule has 0 N–H and O–H groups in total. The maximum absolute atomic E-state index is 13.2. The largest absolute Gasteiger partial charge is 0.485 e. The summed E-state index contributed by atoms with van der Waals surface area (Å²) < 4.78 is 6.16. The summed E-state index contributed by atoms with van der Waals surface area (Å²) in [5.41, 5.74) is 1.97. The van der Waals surface area contributed by atoms with E-state index < -0.39 is 12.0 Å². The molecular weight excluding hydrogens is 360 g/mol. The van der Waals surface area contributed by atoms with Crippen LogP contribution in [-0.2, 0) is 9.53 Å². The molecule has 2 aromatic rings. The Morgan fingerprint density at radius 1 is 1.04 bits per heavy atom. The number of ether oxygens (including phenoxy) is 1. The lowest BCUT2D eigenvalue weighted by Gasteiger charge is -2.29. The van der Waals surface area contributed by atoms with Gasteiger partial charge in [0.15, 0.2) is 11.9 Å². The summed E-state index contributed by atoms with van der Waals surface area (Å²) in [6.07, 6.45) is 0.402. The van der Waals surface area contributed by atoms with Crippen LogP contribution in [-0.4, -0.2) is 17.7 Å². The Hall–Kier alpha value is -2.39. The van der Waals surface area contributed by atoms with Gasteiger partial charge in [-0.2, -0.15) is 0 Å². The van der Waals surface area contributed by atoms with Gasteiger partial charge in [-0.25, -0.2) is 0 Å². The molecule has 0 spiro atoms. The van der Waals surface area contributed by atoms with Crippen LogP contribution in [0.2, 0.25) is 5.02 Å². The van der Waals surface area contributed by atoms with Gasteiger partial charge in [-0.15, -0.1) is 0 Å². The van der Waals surface area contributed by atoms with Crippen molar-refractivity contribution in [3.05, 3.63) is 82.1 Å². The van der Waals surface area contributed by atoms with Gasteiger partial charge in [0.05, 0.1) is 5.92 Å². The highest BCUT2D eigenvalue weighted by Gasteiger charge is 2.48. The summed E-state index contributed by atoms with van der Waals surface area (Å²) in [5, 5.41) is 0.619. The van der Waals surface area contributed by atoms with Crippen LogP contribution in [0.4, 0.5) is 0 Å². The van der Waals surface area contributed by atoms with Crippen molar-refractivity contribution in [2.45, 2.75) is 38.7 Å². The van der Waals surface area contributed by atoms with Gasteiger partial charge in [0.1, 0.15) is 5.76 Å². The van der Waals surface area contributed by atoms with Crippen LogP contribution in [0, 0.1) is 5.41 Å². The molecule has 2 aliphatic rings. The van der Waals surface area contributed by atoms with Gasteiger partial charge < -0.3 is 4.74 Å². The fraction of sp³-hybridized carbons (Fsp3) is 0.304. The molecule has 0 bridgehead atoms. The summed E-state index contributed by atoms with van der Waals surface area (Å²) in [7, 11) is 0. The van der Waals surface area contributed by atoms with Crippen molar-refractivity contribution in [3.63, 3.8) is 0 Å². The SMILES string of the molecule is CC1(C)CC(=O)C2=C(C1)O[C@@H](C(=O)c1ccccc1)[C@@H]2c1ccc(Cl)cc1. The first kappa shape index (κ1) is 18.0. The molecule has 0 aromatic heterocycles. The summed E-state index contributed by atoms with van der Waals surface area (Å²) >= 11 is 6.04. The van der Waals surface area contributed by atoms with E-state index in [1.54, 1.807) is 24.3 Å². The molecule has 2 atom stereocenters. The monoisotopic (exact) mass is 380 g/mol. The quantitative estimate of drug-likeness (QED) is 0.674. The number of ketones is 2. The summed E-state index contributed by atoms with van der Waals surface area (Å²) in [5.74, 6) is 0.249. The van der Waals surface area contributed by atoms with Crippen LogP contribution in [0.15, 0.2) is 65.9 Å². The Balaban J connectivity index is 1.79. The second-order valence-corrected chi connectivity index (χ2v) is 8.51. The Morgan fingerprint density at radius 2 is 1.70 bits per heavy atom. The molecule has 2 aromatic carbocycles. The smallest absolute Gasteiger partial charge is 0.204 e. The van der Waals surface area contributed by atoms with Crippen molar-refractivity contribution in [2.75, 3.05) is 0 Å². The highest BCUT2D eigenvalue weighted by Crippen LogP contribution is 2.49. The predicted octanol–water partition coefficient (Wildman–Crippen LogP) is 5.35. The van der Waals surface area contributed by atoms with Gasteiger partial charge >= 0.3 is 0 Å². The number of carbonyl (C=O) groups is 2. The van der Waals surface area contributed by atoms with E-state index in [4.69, 9.17) is 16.3 Å². The lowest BCUT2D eigenvalue weighted by molar-refractivity contribution is -0.118. The minimum Gasteiger partial charge on any atom is -0.485 e. The van der Waals surface area contributed by atoms with E-state index in [0.29, 0.717) is 34.8 Å². The zero-order valence-electron chi connectivity index (χ0n) is 15.4. The number of carbonyl (C=O) groups excluding carboxylic acids is 2. The molecule has 27 heavy (non-hydrogen) atoms. The molecule has 1 heterocycles. The van der Waals surface area contributed by atoms with E-state index in [-0.39, 0.29) is 17.0 Å². The van der Waals surface area contributed by atoms with Crippen molar-refractivity contribution in [1.82, 2.24) is 0 Å². The maximum Gasteiger partial charge on any atom is 0.204 e. The van der Waals surface area contributed by atoms with E-state index >= 15 is 0 Å². The van der Waals surface area contributed by atoms with Crippen molar-refractivity contribution in [2.24, 2.45) is 5.41 Å². The third kappa shape index (κ3) is 3.32. The average Bonchev–Trinajstić information content (AvgIpc) is 3.00. The number of benzene rings is 2. The first-order valence-electron chi connectivity index (χ1n) is 9.13. The summed E-state index contributed by atoms with van der Waals surface area (Å²) in [6.45, 7) is 4.11. The molecule has 4 heteroatoms. The van der Waals surface area contributed by atoms with Gasteiger partial charge in [0.25, 0.3) is 0 Å². The van der Waals surface area contributed by atoms with Gasteiger partial charge in [0.2, 0.25) is 5.78 Å². The van der Waals surface area contributed by atoms with Crippen molar-refractivity contribution >= 4 is 23.2 Å². The predicted molar refractivity (Wildman–Crippen MR) is 105 cm³/mol. The third-order valence-electron chi connectivity index (χ3n) is 5.31. The van der Waals surface area contributed by atoms with Crippen LogP contribution in [0.25, 0.3) is 0 Å². The molecule has 0 radical (unpaired) electrons. The van der Waals surface area contributed by atoms with Crippen molar-refractivity contribution < 1.29 is 14.3 Å². The van der Waals surface area contributed by atoms with E-state index in [1.165, 1.54) is 0 Å². The third-order valence-corrected chi connectivity index (χ3v) is 5.56. The Morgan fingerprint density at radius 3 is 2.37 bits per heavy atom. The molecular formula is C23H21ClO3. The first-order chi connectivity index (χ1) is 12.9. The van der Waals surface area contributed by atoms with Crippen LogP contribution >= 0.6 is 11.6 Å². The lowest BCUT2D eigenvalue weighted by Crippen LogP contribution is -2.29. The van der Waals surface area contributed by atoms with Crippen LogP contribution in [0.1, 0.15) is 48.5 Å². The number of hydrogen-bond donors (Lipinski definition) is 0. The number of rotatable bonds is 3. The van der Waals surface area contributed by atoms with Gasteiger partial charge in [-0.05, 0) is 23.1 Å². The Bertz CT molecular complexity index is 926. The number of Topliss-reactive ketones (excluding diaryl/α,β-unsaturated/α-hetero) is 2. The Kier molecular flexibility index (Phi) is 4.43. The molecule has 1 aliphatic heterocycles. The molecule has 3 nitrogen and oxygen atoms in total. The fourth-order valence-electron chi connectivity index (χ4n) is 4.09. The second-order valence-electron chi connectivity index (χ2n) is 8.08. The van der Waals surface area contributed by atoms with Crippen molar-refractivity contribution in [1.29, 1.82) is 0 Å². The molecule has 0 amide bonds. The minimum absolute atomic E-state index is 0.0737. The van der Waals surface area contributed by atoms with Gasteiger partial charge in [-0.1, -0.05) is 67.9 Å². The van der Waals surface area contributed by atoms with Crippen molar-refractivity contribution in [3.8, 4) is 0 Å². The number of hydrogen-bond acceptors (Lipinski definition) is 3. The highest BCUT2D eigenvalue weighted by molar-refractivity contribution is 6.30. The van der Waals surface area contributed by atoms with E-state index in [0.717, 1.165) is 5.56 Å². The molecule has 4 rings (SSSR count). The highest BCUT2D eigenvalue weighted by atomic mass is 35.5. The molecule has 0 saturated heterocycles. The van der Waals surface area contributed by atoms with Crippen LogP contribution < -0.4 is 0 Å². The van der Waals surface area contributed by atoms with Crippen LogP contribution in [0.3, 0.4) is 0 Å². The van der Waals surface area contributed by atoms with E-state index in [9.17, 15) is 9.59 Å². The van der Waals surface area contributed by atoms with Gasteiger partial charge in [0, 0.05) is 29.0 Å². The lowest BCUT2D eigenvalue weighted by atomic mass is 9.72. The fourth-order valence-corrected chi connectivity index (χ4v) is 4.21. The number of halogens is 1. The van der Waals surface area contributed by atoms with Crippen LogP contribution in [0.5, 0.6) is 0 Å². The van der Waals surface area contributed by atoms with E-state index in [2.05, 4.69) is 13.8 Å². The zero-order valence-corrected chi connectivity index (χ0v) is 16.1. The molecule has 0 unspecified atom stereocenters. The molecule has 0 saturated carbocycles. The summed E-state index contributed by atoms with van der Waals surface area (Å²) in [4.78, 5) is 26.2. The maximum atomic E-state index is 13.2. The minimum atomic E-state index is -0.726. The summed E-state index contributed by atoms with van der Waals surface area (Å²) in [6, 6.07) is 16.4. The average molecular weight is 381 g/mol.